The average molecular weight is 352 g/mol. The van der Waals surface area contributed by atoms with E-state index in [-0.39, 0.29) is 0 Å². The predicted molar refractivity (Wildman–Crippen MR) is 103 cm³/mol. The van der Waals surface area contributed by atoms with Gasteiger partial charge in [0.05, 0.1) is 7.11 Å². The van der Waals surface area contributed by atoms with Crippen molar-refractivity contribution in [2.45, 2.75) is 38.9 Å². The van der Waals surface area contributed by atoms with Gasteiger partial charge in [-0.3, -0.25) is 4.90 Å². The first-order valence-corrected chi connectivity index (χ1v) is 9.24. The molecule has 5 heteroatoms. The first-order chi connectivity index (χ1) is 12.6. The van der Waals surface area contributed by atoms with E-state index in [1.807, 2.05) is 23.7 Å². The summed E-state index contributed by atoms with van der Waals surface area (Å²) in [6, 6.07) is 13.1. The van der Waals surface area contributed by atoms with Gasteiger partial charge in [-0.25, -0.2) is 0 Å². The highest BCUT2D eigenvalue weighted by atomic mass is 16.5. The lowest BCUT2D eigenvalue weighted by Gasteiger charge is -2.32. The summed E-state index contributed by atoms with van der Waals surface area (Å²) < 4.78 is 7.28. The summed E-state index contributed by atoms with van der Waals surface area (Å²) in [7, 11) is 3.67. The number of methoxy groups -OCH3 is 1. The zero-order valence-electron chi connectivity index (χ0n) is 16.0. The van der Waals surface area contributed by atoms with Crippen LogP contribution in [0.4, 0.5) is 0 Å². The molecule has 0 aliphatic carbocycles. The number of nitriles is 1. The van der Waals surface area contributed by atoms with Gasteiger partial charge in [0.1, 0.15) is 17.5 Å². The number of ether oxygens (including phenoxy) is 1. The summed E-state index contributed by atoms with van der Waals surface area (Å²) in [6.07, 6.45) is 2.31. The molecule has 0 spiro atoms. The zero-order valence-corrected chi connectivity index (χ0v) is 16.0. The molecule has 2 heterocycles. The number of aromatic nitrogens is 1. The van der Waals surface area contributed by atoms with Gasteiger partial charge < -0.3 is 14.6 Å². The molecule has 0 atom stereocenters. The minimum absolute atomic E-state index is 0.543. The predicted octanol–water partition coefficient (Wildman–Crippen LogP) is 2.97. The van der Waals surface area contributed by atoms with E-state index in [1.165, 1.54) is 16.8 Å². The van der Waals surface area contributed by atoms with E-state index < -0.39 is 0 Å². The second kappa shape index (κ2) is 8.39. The summed E-state index contributed by atoms with van der Waals surface area (Å²) >= 11 is 0. The van der Waals surface area contributed by atoms with E-state index in [0.717, 1.165) is 50.5 Å². The monoisotopic (exact) mass is 352 g/mol. The Hall–Kier alpha value is -2.29. The number of hydrogen-bond donors (Lipinski definition) is 1. The van der Waals surface area contributed by atoms with Crippen LogP contribution in [0.25, 0.3) is 0 Å². The van der Waals surface area contributed by atoms with Gasteiger partial charge in [-0.2, -0.15) is 5.26 Å². The van der Waals surface area contributed by atoms with Crippen molar-refractivity contribution in [2.24, 2.45) is 7.05 Å². The molecule has 0 unspecified atom stereocenters. The van der Waals surface area contributed by atoms with Crippen molar-refractivity contribution in [1.29, 1.82) is 5.26 Å². The third-order valence-corrected chi connectivity index (χ3v) is 5.46. The van der Waals surface area contributed by atoms with Crippen LogP contribution in [0.15, 0.2) is 30.3 Å². The summed E-state index contributed by atoms with van der Waals surface area (Å²) in [6.45, 7) is 6.10. The third kappa shape index (κ3) is 4.27. The molecular formula is C21H28N4O. The fourth-order valence-corrected chi connectivity index (χ4v) is 3.63. The number of rotatable bonds is 6. The molecule has 5 nitrogen and oxygen atoms in total. The molecule has 0 saturated carbocycles. The van der Waals surface area contributed by atoms with Gasteiger partial charge in [0.25, 0.3) is 0 Å². The van der Waals surface area contributed by atoms with E-state index in [0.29, 0.717) is 6.04 Å². The van der Waals surface area contributed by atoms with Crippen LogP contribution < -0.4 is 10.1 Å². The Morgan fingerprint density at radius 3 is 2.69 bits per heavy atom. The highest BCUT2D eigenvalue weighted by Crippen LogP contribution is 2.19. The van der Waals surface area contributed by atoms with Crippen LogP contribution in [0.1, 0.15) is 35.4 Å². The maximum absolute atomic E-state index is 9.15. The van der Waals surface area contributed by atoms with Gasteiger partial charge in [-0.05, 0) is 62.2 Å². The van der Waals surface area contributed by atoms with Gasteiger partial charge >= 0.3 is 0 Å². The lowest BCUT2D eigenvalue weighted by Crippen LogP contribution is -2.41. The van der Waals surface area contributed by atoms with Crippen molar-refractivity contribution in [3.8, 4) is 11.8 Å². The first kappa shape index (κ1) is 18.5. The smallest absolute Gasteiger partial charge is 0.120 e. The Kier molecular flexibility index (Phi) is 5.97. The minimum atomic E-state index is 0.543. The van der Waals surface area contributed by atoms with Gasteiger partial charge in [0, 0.05) is 31.9 Å². The first-order valence-electron chi connectivity index (χ1n) is 9.24. The van der Waals surface area contributed by atoms with Crippen LogP contribution in [-0.2, 0) is 20.1 Å². The quantitative estimate of drug-likeness (QED) is 0.868. The third-order valence-electron chi connectivity index (χ3n) is 5.46. The average Bonchev–Trinajstić information content (AvgIpc) is 2.95. The summed E-state index contributed by atoms with van der Waals surface area (Å²) in [5.74, 6) is 0.925. The molecule has 3 rings (SSSR count). The zero-order chi connectivity index (χ0) is 18.5. The normalized spacial score (nSPS) is 15.8. The summed E-state index contributed by atoms with van der Waals surface area (Å²) in [5.41, 5.74) is 4.43. The Bertz CT molecular complexity index is 782. The topological polar surface area (TPSA) is 53.2 Å². The van der Waals surface area contributed by atoms with Gasteiger partial charge in [0.15, 0.2) is 0 Å². The largest absolute Gasteiger partial charge is 0.497 e. The molecule has 1 aliphatic rings. The van der Waals surface area contributed by atoms with Crippen molar-refractivity contribution in [1.82, 2.24) is 14.8 Å². The van der Waals surface area contributed by atoms with Crippen molar-refractivity contribution < 1.29 is 4.74 Å². The van der Waals surface area contributed by atoms with E-state index in [4.69, 9.17) is 10.00 Å². The molecule has 1 saturated heterocycles. The molecule has 1 aliphatic heterocycles. The maximum atomic E-state index is 9.15. The molecule has 0 radical (unpaired) electrons. The molecular weight excluding hydrogens is 324 g/mol. The molecule has 138 valence electrons. The molecule has 1 fully saturated rings. The van der Waals surface area contributed by atoms with Crippen LogP contribution in [0.5, 0.6) is 5.75 Å². The number of nitrogens with one attached hydrogen (secondary N) is 1. The van der Waals surface area contributed by atoms with E-state index >= 15 is 0 Å². The van der Waals surface area contributed by atoms with Gasteiger partial charge in [-0.15, -0.1) is 0 Å². The molecule has 0 bridgehead atoms. The molecule has 26 heavy (non-hydrogen) atoms. The van der Waals surface area contributed by atoms with Crippen LogP contribution in [0.3, 0.4) is 0 Å². The Morgan fingerprint density at radius 2 is 2.04 bits per heavy atom. The lowest BCUT2D eigenvalue weighted by atomic mass is 10.0. The number of hydrogen-bond acceptors (Lipinski definition) is 4. The van der Waals surface area contributed by atoms with Gasteiger partial charge in [0.2, 0.25) is 0 Å². The van der Waals surface area contributed by atoms with Crippen LogP contribution in [-0.4, -0.2) is 35.7 Å². The number of nitrogens with zero attached hydrogens (tertiary/aromatic N) is 3. The van der Waals surface area contributed by atoms with Crippen molar-refractivity contribution in [3.05, 3.63) is 52.8 Å². The van der Waals surface area contributed by atoms with Crippen molar-refractivity contribution in [3.63, 3.8) is 0 Å². The van der Waals surface area contributed by atoms with Crippen molar-refractivity contribution >= 4 is 0 Å². The second-order valence-electron chi connectivity index (χ2n) is 7.09. The fraction of sp³-hybridized carbons (Fsp3) is 0.476. The van der Waals surface area contributed by atoms with Crippen LogP contribution in [0.2, 0.25) is 0 Å². The second-order valence-corrected chi connectivity index (χ2v) is 7.09. The Morgan fingerprint density at radius 1 is 1.27 bits per heavy atom. The Labute approximate surface area is 156 Å². The minimum Gasteiger partial charge on any atom is -0.497 e. The molecule has 1 aromatic carbocycles. The van der Waals surface area contributed by atoms with E-state index in [9.17, 15) is 0 Å². The molecule has 0 amide bonds. The van der Waals surface area contributed by atoms with Gasteiger partial charge in [-0.1, -0.05) is 12.1 Å². The number of piperidine rings is 1. The SMILES string of the molecule is COc1cccc(CN2CCC(NCc3cc(C#N)n(C)c3C)CC2)c1. The van der Waals surface area contributed by atoms with E-state index in [1.54, 1.807) is 7.11 Å². The highest BCUT2D eigenvalue weighted by molar-refractivity contribution is 5.34. The molecule has 1 aromatic heterocycles. The fourth-order valence-electron chi connectivity index (χ4n) is 3.63. The standard InChI is InChI=1S/C21H28N4O/c1-16-18(12-20(13-22)24(16)2)14-23-19-7-9-25(10-8-19)15-17-5-4-6-21(11-17)26-3/h4-6,11-12,19,23H,7-10,14-15H2,1-3H3. The number of likely N-dealkylation sites (tertiary alicyclic amines) is 1. The molecule has 2 aromatic rings. The Balaban J connectivity index is 1.47. The summed E-state index contributed by atoms with van der Waals surface area (Å²) in [4.78, 5) is 2.51. The molecule has 1 N–H and O–H groups in total. The lowest BCUT2D eigenvalue weighted by molar-refractivity contribution is 0.190. The highest BCUT2D eigenvalue weighted by Gasteiger charge is 2.19. The van der Waals surface area contributed by atoms with E-state index in [2.05, 4.69) is 41.4 Å². The number of benzene rings is 1. The maximum Gasteiger partial charge on any atom is 0.120 e. The summed E-state index contributed by atoms with van der Waals surface area (Å²) in [5, 5.41) is 12.8. The van der Waals surface area contributed by atoms with Crippen molar-refractivity contribution in [2.75, 3.05) is 20.2 Å². The van der Waals surface area contributed by atoms with Crippen LogP contribution >= 0.6 is 0 Å². The van der Waals surface area contributed by atoms with Crippen LogP contribution in [0, 0.1) is 18.3 Å².